The number of para-hydroxylation sites is 1. The summed E-state index contributed by atoms with van der Waals surface area (Å²) < 4.78 is 29.4. The molecule has 9 nitrogen and oxygen atoms in total. The molecule has 1 saturated heterocycles. The molecule has 1 aliphatic rings. The monoisotopic (exact) mass is 544 g/mol. The molecule has 0 unspecified atom stereocenters. The lowest BCUT2D eigenvalue weighted by Gasteiger charge is -2.36. The minimum Gasteiger partial charge on any atom is -0.494 e. The predicted octanol–water partition coefficient (Wildman–Crippen LogP) is 4.70. The summed E-state index contributed by atoms with van der Waals surface area (Å²) >= 11 is 6.36. The van der Waals surface area contributed by atoms with E-state index in [0.717, 1.165) is 37.3 Å². The number of hydrogen-bond acceptors (Lipinski definition) is 9. The minimum absolute atomic E-state index is 0.0969. The van der Waals surface area contributed by atoms with Crippen LogP contribution in [-0.2, 0) is 15.6 Å². The molecule has 0 bridgehead atoms. The molecule has 1 aliphatic heterocycles. The third-order valence-electron chi connectivity index (χ3n) is 6.42. The number of methoxy groups -OCH3 is 1. The lowest BCUT2D eigenvalue weighted by Crippen LogP contribution is -2.41. The van der Waals surface area contributed by atoms with Crippen LogP contribution in [0, 0.1) is 0 Å². The molecule has 0 saturated carbocycles. The zero-order valence-electron chi connectivity index (χ0n) is 21.5. The Bertz CT molecular complexity index is 1340. The van der Waals surface area contributed by atoms with E-state index in [1.807, 2.05) is 18.2 Å². The van der Waals surface area contributed by atoms with Crippen LogP contribution in [0.3, 0.4) is 0 Å². The number of rotatable bonds is 9. The fourth-order valence-electron chi connectivity index (χ4n) is 4.43. The van der Waals surface area contributed by atoms with Crippen LogP contribution in [0.15, 0.2) is 48.7 Å². The van der Waals surface area contributed by atoms with Gasteiger partial charge in [0.15, 0.2) is 15.7 Å². The number of nitrogens with one attached hydrogen (secondary N) is 2. The molecule has 0 amide bonds. The Kier molecular flexibility index (Phi) is 8.41. The number of ether oxygens (including phenoxy) is 1. The van der Waals surface area contributed by atoms with E-state index in [1.54, 1.807) is 25.3 Å². The molecule has 0 atom stereocenters. The van der Waals surface area contributed by atoms with E-state index in [4.69, 9.17) is 16.3 Å². The second-order valence-corrected chi connectivity index (χ2v) is 12.0. The Morgan fingerprint density at radius 1 is 1.11 bits per heavy atom. The molecule has 2 aromatic carbocycles. The van der Waals surface area contributed by atoms with Crippen molar-refractivity contribution >= 4 is 50.3 Å². The first-order chi connectivity index (χ1) is 17.6. The molecule has 1 aromatic heterocycles. The molecule has 2 N–H and O–H groups in total. The molecular weight excluding hydrogens is 512 g/mol. The van der Waals surface area contributed by atoms with Crippen molar-refractivity contribution in [2.45, 2.75) is 24.6 Å². The van der Waals surface area contributed by atoms with E-state index in [0.29, 0.717) is 39.8 Å². The summed E-state index contributed by atoms with van der Waals surface area (Å²) in [6.07, 6.45) is 4.94. The summed E-state index contributed by atoms with van der Waals surface area (Å²) in [5.74, 6) is 1.27. The maximum Gasteiger partial charge on any atom is 0.229 e. The van der Waals surface area contributed by atoms with E-state index < -0.39 is 9.84 Å². The van der Waals surface area contributed by atoms with Crippen molar-refractivity contribution in [3.05, 3.63) is 59.2 Å². The van der Waals surface area contributed by atoms with Crippen molar-refractivity contribution in [3.63, 3.8) is 0 Å². The van der Waals surface area contributed by atoms with Gasteiger partial charge in [-0.2, -0.15) is 4.98 Å². The van der Waals surface area contributed by atoms with Crippen molar-refractivity contribution in [2.75, 3.05) is 56.1 Å². The molecular formula is C26H33ClN6O3S. The number of nitrogens with zero attached hydrogens (tertiary/aromatic N) is 4. The number of sulfone groups is 1. The summed E-state index contributed by atoms with van der Waals surface area (Å²) in [4.78, 5) is 13.5. The topological polar surface area (TPSA) is 99.7 Å². The second kappa shape index (κ2) is 11.5. The Balaban J connectivity index is 1.52. The van der Waals surface area contributed by atoms with Gasteiger partial charge in [-0.25, -0.2) is 13.4 Å². The number of piperidine rings is 1. The van der Waals surface area contributed by atoms with Gasteiger partial charge in [0.1, 0.15) is 10.8 Å². The van der Waals surface area contributed by atoms with Gasteiger partial charge in [0.2, 0.25) is 5.95 Å². The lowest BCUT2D eigenvalue weighted by molar-refractivity contribution is 0.249. The quantitative estimate of drug-likeness (QED) is 0.397. The summed E-state index contributed by atoms with van der Waals surface area (Å²) in [5.41, 5.74) is 3.07. The van der Waals surface area contributed by atoms with Gasteiger partial charge in [0.25, 0.3) is 0 Å². The lowest BCUT2D eigenvalue weighted by atomic mass is 10.0. The van der Waals surface area contributed by atoms with E-state index in [1.165, 1.54) is 12.5 Å². The van der Waals surface area contributed by atoms with Gasteiger partial charge in [-0.1, -0.05) is 29.8 Å². The molecule has 0 aliphatic carbocycles. The highest BCUT2D eigenvalue weighted by Crippen LogP contribution is 2.34. The van der Waals surface area contributed by atoms with Crippen molar-refractivity contribution in [3.8, 4) is 5.75 Å². The number of hydrogen-bond donors (Lipinski definition) is 2. The molecule has 198 valence electrons. The standard InChI is InChI=1S/C26H33ClN6O3S/c1-32(2)19-11-13-33(14-12-19)20-9-10-23(24(15-20)36-3)30-26-28-16-21(27)25(31-26)29-22-8-6-5-7-18(22)17-37(4,34)35/h5-10,15-16,19H,11-14,17H2,1-4H3,(H2,28,29,30,31). The number of benzene rings is 2. The van der Waals surface area contributed by atoms with Gasteiger partial charge in [-0.3, -0.25) is 0 Å². The first-order valence-corrected chi connectivity index (χ1v) is 14.5. The highest BCUT2D eigenvalue weighted by molar-refractivity contribution is 7.89. The fourth-order valence-corrected chi connectivity index (χ4v) is 5.39. The molecule has 0 radical (unpaired) electrons. The molecule has 4 rings (SSSR count). The average Bonchev–Trinajstić information content (AvgIpc) is 2.86. The van der Waals surface area contributed by atoms with Gasteiger partial charge in [-0.05, 0) is 50.7 Å². The minimum atomic E-state index is -3.21. The second-order valence-electron chi connectivity index (χ2n) is 9.43. The summed E-state index contributed by atoms with van der Waals surface area (Å²) in [6.45, 7) is 1.99. The van der Waals surface area contributed by atoms with Gasteiger partial charge in [-0.15, -0.1) is 0 Å². The zero-order valence-corrected chi connectivity index (χ0v) is 23.1. The van der Waals surface area contributed by atoms with Gasteiger partial charge in [0, 0.05) is 42.8 Å². The first-order valence-electron chi connectivity index (χ1n) is 12.0. The Morgan fingerprint density at radius 3 is 2.51 bits per heavy atom. The third-order valence-corrected chi connectivity index (χ3v) is 7.54. The highest BCUT2D eigenvalue weighted by atomic mass is 35.5. The van der Waals surface area contributed by atoms with Crippen LogP contribution in [-0.4, -0.2) is 69.9 Å². The van der Waals surface area contributed by atoms with E-state index in [9.17, 15) is 8.42 Å². The Labute approximate surface area is 223 Å². The molecule has 11 heteroatoms. The van der Waals surface area contributed by atoms with Crippen LogP contribution in [0.1, 0.15) is 18.4 Å². The van der Waals surface area contributed by atoms with Gasteiger partial charge in [0.05, 0.1) is 24.7 Å². The van der Waals surface area contributed by atoms with E-state index >= 15 is 0 Å². The molecule has 2 heterocycles. The average molecular weight is 545 g/mol. The SMILES string of the molecule is COc1cc(N2CCC(N(C)C)CC2)ccc1Nc1ncc(Cl)c(Nc2ccccc2CS(C)(=O)=O)n1. The number of halogens is 1. The summed E-state index contributed by atoms with van der Waals surface area (Å²) in [6, 6.07) is 13.8. The van der Waals surface area contributed by atoms with Crippen LogP contribution >= 0.6 is 11.6 Å². The van der Waals surface area contributed by atoms with Crippen molar-refractivity contribution in [1.82, 2.24) is 14.9 Å². The summed E-state index contributed by atoms with van der Waals surface area (Å²) in [5, 5.41) is 6.68. The van der Waals surface area contributed by atoms with Crippen LogP contribution in [0.25, 0.3) is 0 Å². The van der Waals surface area contributed by atoms with Crippen LogP contribution in [0.2, 0.25) is 5.02 Å². The first kappa shape index (κ1) is 27.0. The molecule has 0 spiro atoms. The zero-order chi connectivity index (χ0) is 26.6. The van der Waals surface area contributed by atoms with Gasteiger partial charge < -0.3 is 25.2 Å². The molecule has 37 heavy (non-hydrogen) atoms. The van der Waals surface area contributed by atoms with Crippen molar-refractivity contribution in [1.29, 1.82) is 0 Å². The van der Waals surface area contributed by atoms with Crippen molar-refractivity contribution < 1.29 is 13.2 Å². The Morgan fingerprint density at radius 2 is 1.84 bits per heavy atom. The largest absolute Gasteiger partial charge is 0.494 e. The van der Waals surface area contributed by atoms with E-state index in [2.05, 4.69) is 50.6 Å². The maximum atomic E-state index is 11.8. The maximum absolute atomic E-state index is 11.8. The summed E-state index contributed by atoms with van der Waals surface area (Å²) in [7, 11) is 2.69. The van der Waals surface area contributed by atoms with Crippen LogP contribution in [0.5, 0.6) is 5.75 Å². The van der Waals surface area contributed by atoms with Gasteiger partial charge >= 0.3 is 0 Å². The Hall–Kier alpha value is -3.08. The predicted molar refractivity (Wildman–Crippen MR) is 151 cm³/mol. The highest BCUT2D eigenvalue weighted by Gasteiger charge is 2.21. The normalized spacial score (nSPS) is 14.6. The smallest absolute Gasteiger partial charge is 0.229 e. The fraction of sp³-hybridized carbons (Fsp3) is 0.385. The van der Waals surface area contributed by atoms with Crippen LogP contribution < -0.4 is 20.3 Å². The van der Waals surface area contributed by atoms with Crippen molar-refractivity contribution in [2.24, 2.45) is 0 Å². The third kappa shape index (κ3) is 7.03. The molecule has 3 aromatic rings. The molecule has 1 fully saturated rings. The van der Waals surface area contributed by atoms with E-state index in [-0.39, 0.29) is 5.75 Å². The number of anilines is 5. The number of aromatic nitrogens is 2. The van der Waals surface area contributed by atoms with Crippen LogP contribution in [0.4, 0.5) is 28.8 Å².